The van der Waals surface area contributed by atoms with Gasteiger partial charge in [-0.3, -0.25) is 0 Å². The lowest BCUT2D eigenvalue weighted by Crippen LogP contribution is -1.93. The number of rotatable bonds is 3. The normalized spacial score (nSPS) is 9.67. The number of esters is 1. The molecule has 0 unspecified atom stereocenters. The van der Waals surface area contributed by atoms with Crippen LogP contribution in [0, 0.1) is 0 Å². The summed E-state index contributed by atoms with van der Waals surface area (Å²) in [5.41, 5.74) is 9.45. The van der Waals surface area contributed by atoms with Crippen molar-refractivity contribution in [3.8, 4) is 0 Å². The Bertz CT molecular complexity index is 434. The third-order valence-electron chi connectivity index (χ3n) is 1.69. The second kappa shape index (κ2) is 5.47. The highest BCUT2D eigenvalue weighted by atomic mass is 16.5. The summed E-state index contributed by atoms with van der Waals surface area (Å²) in [5.74, 6) is -0.453. The molecule has 0 aliphatic carbocycles. The summed E-state index contributed by atoms with van der Waals surface area (Å²) in [6, 6.07) is 6.94. The Morgan fingerprint density at radius 2 is 2.27 bits per heavy atom. The summed E-state index contributed by atoms with van der Waals surface area (Å²) >= 11 is 0. The summed E-state index contributed by atoms with van der Waals surface area (Å²) in [4.78, 5) is 13.5. The number of methoxy groups -OCH3 is 1. The van der Waals surface area contributed by atoms with Crippen molar-refractivity contribution in [2.45, 2.75) is 0 Å². The number of hydrogen-bond acceptors (Lipinski definition) is 3. The third-order valence-corrected chi connectivity index (χ3v) is 1.69. The minimum atomic E-state index is -0.453. The molecule has 1 aromatic carbocycles. The van der Waals surface area contributed by atoms with Gasteiger partial charge in [-0.05, 0) is 17.2 Å². The Morgan fingerprint density at radius 1 is 1.53 bits per heavy atom. The highest BCUT2D eigenvalue weighted by molar-refractivity contribution is 5.88. The molecule has 76 valence electrons. The molecule has 0 fully saturated rings. The molecule has 0 aromatic heterocycles. The van der Waals surface area contributed by atoms with E-state index in [-0.39, 0.29) is 0 Å². The fourth-order valence-electron chi connectivity index (χ4n) is 0.994. The van der Waals surface area contributed by atoms with Crippen LogP contribution in [-0.2, 0) is 9.53 Å². The van der Waals surface area contributed by atoms with Gasteiger partial charge in [0.15, 0.2) is 0 Å². The first kappa shape index (κ1) is 10.8. The molecule has 15 heavy (non-hydrogen) atoms. The minimum absolute atomic E-state index is 0.453. The largest absolute Gasteiger partial charge is 0.466 e. The lowest BCUT2D eigenvalue weighted by molar-refractivity contribution is -0.134. The summed E-state index contributed by atoms with van der Waals surface area (Å²) in [6.07, 6.45) is 2.81. The van der Waals surface area contributed by atoms with Gasteiger partial charge in [0.05, 0.1) is 7.11 Å². The molecule has 0 aliphatic heterocycles. The lowest BCUT2D eigenvalue weighted by Gasteiger charge is -1.97. The smallest absolute Gasteiger partial charge is 0.330 e. The number of nitrogens with zero attached hydrogens (tertiary/aromatic N) is 3. The van der Waals surface area contributed by atoms with Gasteiger partial charge in [0, 0.05) is 16.7 Å². The predicted molar refractivity (Wildman–Crippen MR) is 56.3 cm³/mol. The zero-order valence-electron chi connectivity index (χ0n) is 8.12. The standard InChI is InChI=1S/C10H9N3O2/c1-15-10(14)7-6-8-4-2-3-5-9(8)12-13-11/h2-7H,1H3. The van der Waals surface area contributed by atoms with Crippen molar-refractivity contribution in [2.75, 3.05) is 7.11 Å². The van der Waals surface area contributed by atoms with E-state index < -0.39 is 5.97 Å². The van der Waals surface area contributed by atoms with Crippen LogP contribution in [0.15, 0.2) is 35.5 Å². The van der Waals surface area contributed by atoms with E-state index in [4.69, 9.17) is 5.53 Å². The van der Waals surface area contributed by atoms with E-state index in [9.17, 15) is 4.79 Å². The Kier molecular flexibility index (Phi) is 3.94. The van der Waals surface area contributed by atoms with Crippen molar-refractivity contribution in [2.24, 2.45) is 5.11 Å². The van der Waals surface area contributed by atoms with Crippen molar-refractivity contribution in [3.63, 3.8) is 0 Å². The highest BCUT2D eigenvalue weighted by Gasteiger charge is 1.96. The van der Waals surface area contributed by atoms with Gasteiger partial charge in [0.1, 0.15) is 0 Å². The van der Waals surface area contributed by atoms with Crippen LogP contribution in [0.25, 0.3) is 16.5 Å². The quantitative estimate of drug-likeness (QED) is 0.249. The molecular formula is C10H9N3O2. The van der Waals surface area contributed by atoms with Gasteiger partial charge < -0.3 is 4.74 Å². The van der Waals surface area contributed by atoms with Crippen molar-refractivity contribution in [3.05, 3.63) is 46.3 Å². The maximum absolute atomic E-state index is 10.8. The monoisotopic (exact) mass is 203 g/mol. The molecule has 0 amide bonds. The fraction of sp³-hybridized carbons (Fsp3) is 0.100. The molecule has 0 saturated heterocycles. The topological polar surface area (TPSA) is 75.1 Å². The van der Waals surface area contributed by atoms with Gasteiger partial charge in [0.25, 0.3) is 0 Å². The summed E-state index contributed by atoms with van der Waals surface area (Å²) < 4.78 is 4.44. The Hall–Kier alpha value is -2.26. The van der Waals surface area contributed by atoms with Crippen LogP contribution in [-0.4, -0.2) is 13.1 Å². The average molecular weight is 203 g/mol. The summed E-state index contributed by atoms with van der Waals surface area (Å²) in [6.45, 7) is 0. The molecule has 0 N–H and O–H groups in total. The molecule has 0 atom stereocenters. The number of hydrogen-bond donors (Lipinski definition) is 0. The van der Waals surface area contributed by atoms with Crippen molar-refractivity contribution in [1.82, 2.24) is 0 Å². The molecule has 0 saturated carbocycles. The molecule has 5 heteroatoms. The first-order valence-corrected chi connectivity index (χ1v) is 4.18. The molecule has 1 rings (SSSR count). The van der Waals surface area contributed by atoms with Gasteiger partial charge in [-0.25, -0.2) is 4.79 Å². The summed E-state index contributed by atoms with van der Waals surface area (Å²) in [7, 11) is 1.30. The maximum atomic E-state index is 10.8. The molecular weight excluding hydrogens is 194 g/mol. The zero-order valence-corrected chi connectivity index (χ0v) is 8.12. The van der Waals surface area contributed by atoms with Gasteiger partial charge in [0.2, 0.25) is 0 Å². The van der Waals surface area contributed by atoms with Gasteiger partial charge >= 0.3 is 5.97 Å². The van der Waals surface area contributed by atoms with E-state index in [1.54, 1.807) is 24.3 Å². The number of carbonyl (C=O) groups excluding carboxylic acids is 1. The Morgan fingerprint density at radius 3 is 2.93 bits per heavy atom. The average Bonchev–Trinajstić information content (AvgIpc) is 2.28. The number of ether oxygens (including phenoxy) is 1. The van der Waals surface area contributed by atoms with Crippen LogP contribution in [0.3, 0.4) is 0 Å². The van der Waals surface area contributed by atoms with Crippen LogP contribution in [0.2, 0.25) is 0 Å². The predicted octanol–water partition coefficient (Wildman–Crippen LogP) is 2.81. The molecule has 0 heterocycles. The second-order valence-corrected chi connectivity index (χ2v) is 2.60. The molecule has 0 spiro atoms. The number of carbonyl (C=O) groups is 1. The zero-order chi connectivity index (χ0) is 11.1. The van der Waals surface area contributed by atoms with Crippen molar-refractivity contribution in [1.29, 1.82) is 0 Å². The molecule has 0 radical (unpaired) electrons. The van der Waals surface area contributed by atoms with E-state index in [0.29, 0.717) is 11.3 Å². The Labute approximate surface area is 86.6 Å². The van der Waals surface area contributed by atoms with E-state index in [1.807, 2.05) is 0 Å². The van der Waals surface area contributed by atoms with E-state index in [2.05, 4.69) is 14.8 Å². The van der Waals surface area contributed by atoms with Crippen LogP contribution >= 0.6 is 0 Å². The third kappa shape index (κ3) is 3.17. The second-order valence-electron chi connectivity index (χ2n) is 2.60. The lowest BCUT2D eigenvalue weighted by atomic mass is 10.1. The number of benzene rings is 1. The molecule has 0 bridgehead atoms. The number of azide groups is 1. The van der Waals surface area contributed by atoms with Crippen molar-refractivity contribution >= 4 is 17.7 Å². The molecule has 1 aromatic rings. The van der Waals surface area contributed by atoms with Gasteiger partial charge in [-0.1, -0.05) is 29.4 Å². The van der Waals surface area contributed by atoms with Gasteiger partial charge in [-0.2, -0.15) is 0 Å². The molecule has 5 nitrogen and oxygen atoms in total. The van der Waals surface area contributed by atoms with E-state index in [0.717, 1.165) is 0 Å². The summed E-state index contributed by atoms with van der Waals surface area (Å²) in [5, 5.41) is 3.49. The van der Waals surface area contributed by atoms with Gasteiger partial charge in [-0.15, -0.1) is 0 Å². The van der Waals surface area contributed by atoms with Crippen LogP contribution < -0.4 is 0 Å². The van der Waals surface area contributed by atoms with Crippen LogP contribution in [0.5, 0.6) is 0 Å². The SMILES string of the molecule is COC(=O)C=Cc1ccccc1N=[N+]=[N-]. The fourth-order valence-corrected chi connectivity index (χ4v) is 0.994. The van der Waals surface area contributed by atoms with E-state index in [1.165, 1.54) is 19.3 Å². The maximum Gasteiger partial charge on any atom is 0.330 e. The van der Waals surface area contributed by atoms with Crippen LogP contribution in [0.4, 0.5) is 5.69 Å². The minimum Gasteiger partial charge on any atom is -0.466 e. The first-order valence-electron chi connectivity index (χ1n) is 4.18. The van der Waals surface area contributed by atoms with E-state index >= 15 is 0 Å². The van der Waals surface area contributed by atoms with Crippen molar-refractivity contribution < 1.29 is 9.53 Å². The Balaban J connectivity index is 2.98. The van der Waals surface area contributed by atoms with Crippen LogP contribution in [0.1, 0.15) is 5.56 Å². The highest BCUT2D eigenvalue weighted by Crippen LogP contribution is 2.19. The molecule has 0 aliphatic rings. The first-order chi connectivity index (χ1) is 7.27.